The number of sulfonamides is 1. The quantitative estimate of drug-likeness (QED) is 0.874. The molecule has 2 aromatic carbocycles. The number of benzene rings is 2. The van der Waals surface area contributed by atoms with Crippen molar-refractivity contribution < 1.29 is 17.6 Å². The van der Waals surface area contributed by atoms with Gasteiger partial charge in [0.2, 0.25) is 0 Å². The van der Waals surface area contributed by atoms with Crippen molar-refractivity contribution in [3.05, 3.63) is 58.9 Å². The molecule has 0 aliphatic rings. The van der Waals surface area contributed by atoms with Gasteiger partial charge in [0.15, 0.2) is 5.78 Å². The van der Waals surface area contributed by atoms with Crippen molar-refractivity contribution in [3.63, 3.8) is 0 Å². The molecule has 0 unspecified atom stereocenters. The zero-order chi connectivity index (χ0) is 15.6. The van der Waals surface area contributed by atoms with Crippen LogP contribution < -0.4 is 4.72 Å². The largest absolute Gasteiger partial charge is 0.295 e. The van der Waals surface area contributed by atoms with Gasteiger partial charge in [0.25, 0.3) is 10.0 Å². The summed E-state index contributed by atoms with van der Waals surface area (Å²) in [6, 6.07) is 8.91. The topological polar surface area (TPSA) is 63.2 Å². The van der Waals surface area contributed by atoms with Crippen molar-refractivity contribution in [2.45, 2.75) is 11.8 Å². The Balaban J connectivity index is 2.34. The Morgan fingerprint density at radius 3 is 2.33 bits per heavy atom. The van der Waals surface area contributed by atoms with E-state index < -0.39 is 15.8 Å². The van der Waals surface area contributed by atoms with Crippen LogP contribution in [0.25, 0.3) is 0 Å². The van der Waals surface area contributed by atoms with E-state index in [0.717, 1.165) is 6.07 Å². The summed E-state index contributed by atoms with van der Waals surface area (Å²) in [6.07, 6.45) is 0. The lowest BCUT2D eigenvalue weighted by Gasteiger charge is -2.09. The van der Waals surface area contributed by atoms with Crippen molar-refractivity contribution >= 4 is 33.1 Å². The number of carbonyl (C=O) groups is 1. The maximum Gasteiger partial charge on any atom is 0.261 e. The van der Waals surface area contributed by atoms with Crippen molar-refractivity contribution in [3.8, 4) is 0 Å². The van der Waals surface area contributed by atoms with E-state index in [-0.39, 0.29) is 21.4 Å². The molecule has 2 rings (SSSR count). The highest BCUT2D eigenvalue weighted by molar-refractivity contribution is 7.92. The van der Waals surface area contributed by atoms with E-state index in [1.165, 1.54) is 43.3 Å². The Labute approximate surface area is 126 Å². The summed E-state index contributed by atoms with van der Waals surface area (Å²) in [6.45, 7) is 1.38. The molecule has 2 aromatic rings. The summed E-state index contributed by atoms with van der Waals surface area (Å²) in [4.78, 5) is 11.1. The van der Waals surface area contributed by atoms with E-state index in [0.29, 0.717) is 5.56 Å². The second-order valence-corrected chi connectivity index (χ2v) is 6.43. The molecule has 0 bridgehead atoms. The Morgan fingerprint density at radius 1 is 1.14 bits per heavy atom. The summed E-state index contributed by atoms with van der Waals surface area (Å²) >= 11 is 5.71. The number of carbonyl (C=O) groups excluding carboxylic acids is 1. The lowest BCUT2D eigenvalue weighted by molar-refractivity contribution is 0.101. The van der Waals surface area contributed by atoms with Crippen LogP contribution in [-0.4, -0.2) is 14.2 Å². The van der Waals surface area contributed by atoms with E-state index in [4.69, 9.17) is 11.6 Å². The number of anilines is 1. The third-order valence-corrected chi connectivity index (χ3v) is 4.36. The third kappa shape index (κ3) is 3.59. The van der Waals surface area contributed by atoms with Gasteiger partial charge in [-0.05, 0) is 37.3 Å². The Hall–Kier alpha value is -1.92. The standard InChI is InChI=1S/C14H11ClFNO3S/c1-9(18)10-2-5-12(6-3-10)21(19,20)17-14-8-11(15)4-7-13(14)16/h2-8,17H,1H3. The van der Waals surface area contributed by atoms with Gasteiger partial charge in [-0.15, -0.1) is 0 Å². The van der Waals surface area contributed by atoms with Crippen LogP contribution in [0.15, 0.2) is 47.4 Å². The molecule has 0 atom stereocenters. The normalized spacial score (nSPS) is 11.2. The van der Waals surface area contributed by atoms with Gasteiger partial charge in [0, 0.05) is 10.6 Å². The molecule has 0 saturated heterocycles. The van der Waals surface area contributed by atoms with Crippen LogP contribution in [0.1, 0.15) is 17.3 Å². The van der Waals surface area contributed by atoms with Crippen LogP contribution in [0.2, 0.25) is 5.02 Å². The Kier molecular flexibility index (Phi) is 4.29. The average Bonchev–Trinajstić information content (AvgIpc) is 2.43. The van der Waals surface area contributed by atoms with Gasteiger partial charge in [-0.2, -0.15) is 0 Å². The van der Waals surface area contributed by atoms with Crippen molar-refractivity contribution in [2.24, 2.45) is 0 Å². The molecule has 0 amide bonds. The number of ketones is 1. The van der Waals surface area contributed by atoms with Crippen LogP contribution in [-0.2, 0) is 10.0 Å². The monoisotopic (exact) mass is 327 g/mol. The first-order valence-corrected chi connectivity index (χ1v) is 7.74. The number of nitrogens with one attached hydrogen (secondary N) is 1. The molecule has 110 valence electrons. The molecule has 7 heteroatoms. The fourth-order valence-corrected chi connectivity index (χ4v) is 2.88. The molecule has 0 spiro atoms. The van der Waals surface area contributed by atoms with Crippen LogP contribution >= 0.6 is 11.6 Å². The van der Waals surface area contributed by atoms with Crippen LogP contribution in [0, 0.1) is 5.82 Å². The average molecular weight is 328 g/mol. The van der Waals surface area contributed by atoms with Crippen LogP contribution in [0.5, 0.6) is 0 Å². The van der Waals surface area contributed by atoms with Crippen molar-refractivity contribution in [1.29, 1.82) is 0 Å². The molecule has 0 heterocycles. The predicted octanol–water partition coefficient (Wildman–Crippen LogP) is 3.48. The maximum atomic E-state index is 13.6. The molecule has 1 N–H and O–H groups in total. The third-order valence-electron chi connectivity index (χ3n) is 2.74. The Bertz CT molecular complexity index is 788. The van der Waals surface area contributed by atoms with Gasteiger partial charge in [0.1, 0.15) is 5.82 Å². The highest BCUT2D eigenvalue weighted by atomic mass is 35.5. The first kappa shape index (κ1) is 15.5. The summed E-state index contributed by atoms with van der Waals surface area (Å²) in [5, 5.41) is 0.209. The molecule has 0 aromatic heterocycles. The number of Topliss-reactive ketones (excluding diaryl/α,β-unsaturated/α-hetero) is 1. The summed E-state index contributed by atoms with van der Waals surface area (Å²) in [5.74, 6) is -0.906. The number of hydrogen-bond donors (Lipinski definition) is 1. The van der Waals surface area contributed by atoms with Gasteiger partial charge in [0.05, 0.1) is 10.6 Å². The Morgan fingerprint density at radius 2 is 1.76 bits per heavy atom. The van der Waals surface area contributed by atoms with E-state index in [9.17, 15) is 17.6 Å². The molecule has 0 aliphatic carbocycles. The first-order chi connectivity index (χ1) is 9.79. The molecule has 0 saturated carbocycles. The predicted molar refractivity (Wildman–Crippen MR) is 78.7 cm³/mol. The summed E-state index contributed by atoms with van der Waals surface area (Å²) in [5.41, 5.74) is 0.154. The van der Waals surface area contributed by atoms with Gasteiger partial charge in [-0.3, -0.25) is 9.52 Å². The van der Waals surface area contributed by atoms with E-state index in [1.54, 1.807) is 0 Å². The minimum atomic E-state index is -3.95. The van der Waals surface area contributed by atoms with Gasteiger partial charge < -0.3 is 0 Å². The lowest BCUT2D eigenvalue weighted by atomic mass is 10.2. The summed E-state index contributed by atoms with van der Waals surface area (Å²) < 4.78 is 40.0. The second kappa shape index (κ2) is 5.83. The maximum absolute atomic E-state index is 13.6. The zero-order valence-electron chi connectivity index (χ0n) is 10.9. The van der Waals surface area contributed by atoms with Crippen molar-refractivity contribution in [2.75, 3.05) is 4.72 Å². The molecule has 21 heavy (non-hydrogen) atoms. The van der Waals surface area contributed by atoms with E-state index >= 15 is 0 Å². The van der Waals surface area contributed by atoms with Crippen LogP contribution in [0.4, 0.5) is 10.1 Å². The smallest absolute Gasteiger partial charge is 0.261 e. The van der Waals surface area contributed by atoms with Crippen molar-refractivity contribution in [1.82, 2.24) is 0 Å². The molecular weight excluding hydrogens is 317 g/mol. The van der Waals surface area contributed by atoms with Crippen LogP contribution in [0.3, 0.4) is 0 Å². The lowest BCUT2D eigenvalue weighted by Crippen LogP contribution is -2.14. The highest BCUT2D eigenvalue weighted by Crippen LogP contribution is 2.23. The number of hydrogen-bond acceptors (Lipinski definition) is 3. The number of rotatable bonds is 4. The van der Waals surface area contributed by atoms with Gasteiger partial charge >= 0.3 is 0 Å². The van der Waals surface area contributed by atoms with E-state index in [1.807, 2.05) is 0 Å². The zero-order valence-corrected chi connectivity index (χ0v) is 12.5. The molecule has 0 radical (unpaired) electrons. The minimum absolute atomic E-state index is 0.0770. The van der Waals surface area contributed by atoms with E-state index in [2.05, 4.69) is 4.72 Å². The molecule has 0 fully saturated rings. The summed E-state index contributed by atoms with van der Waals surface area (Å²) in [7, 11) is -3.95. The fraction of sp³-hybridized carbons (Fsp3) is 0.0714. The first-order valence-electron chi connectivity index (χ1n) is 5.88. The molecule has 0 aliphatic heterocycles. The van der Waals surface area contributed by atoms with Gasteiger partial charge in [-0.1, -0.05) is 23.7 Å². The molecule has 4 nitrogen and oxygen atoms in total. The minimum Gasteiger partial charge on any atom is -0.295 e. The second-order valence-electron chi connectivity index (χ2n) is 4.31. The fourth-order valence-electron chi connectivity index (χ4n) is 1.65. The van der Waals surface area contributed by atoms with Gasteiger partial charge in [-0.25, -0.2) is 12.8 Å². The molecular formula is C14H11ClFNO3S. The SMILES string of the molecule is CC(=O)c1ccc(S(=O)(=O)Nc2cc(Cl)ccc2F)cc1. The number of halogens is 2. The highest BCUT2D eigenvalue weighted by Gasteiger charge is 2.16.